The van der Waals surface area contributed by atoms with Crippen LogP contribution < -0.4 is 5.76 Å². The predicted octanol–water partition coefficient (Wildman–Crippen LogP) is 6.00. The lowest BCUT2D eigenvalue weighted by Crippen LogP contribution is -2.26. The van der Waals surface area contributed by atoms with Crippen LogP contribution in [0.4, 0.5) is 13.2 Å². The fourth-order valence-electron chi connectivity index (χ4n) is 3.16. The number of hydrogen-bond donors (Lipinski definition) is 0. The third-order valence-electron chi connectivity index (χ3n) is 4.48. The average molecular weight is 449 g/mol. The Kier molecular flexibility index (Phi) is 4.96. The Morgan fingerprint density at radius 1 is 1.19 bits per heavy atom. The van der Waals surface area contributed by atoms with Crippen LogP contribution in [0, 0.1) is 0 Å². The highest BCUT2D eigenvalue weighted by Crippen LogP contribution is 2.46. The lowest BCUT2D eigenvalue weighted by Gasteiger charge is -2.28. The van der Waals surface area contributed by atoms with Gasteiger partial charge in [0.2, 0.25) is 0 Å². The quantitative estimate of drug-likeness (QED) is 0.493. The minimum absolute atomic E-state index is 0.0193. The highest BCUT2D eigenvalue weighted by Gasteiger charge is 2.45. The minimum Gasteiger partial charge on any atom is -0.408 e. The third-order valence-corrected chi connectivity index (χ3v) is 5.30. The Labute approximate surface area is 160 Å². The van der Waals surface area contributed by atoms with Gasteiger partial charge in [0.05, 0.1) is 11.4 Å². The van der Waals surface area contributed by atoms with Crippen LogP contribution in [0.3, 0.4) is 0 Å². The van der Waals surface area contributed by atoms with Crippen molar-refractivity contribution in [2.75, 3.05) is 0 Å². The van der Waals surface area contributed by atoms with Crippen molar-refractivity contribution in [3.8, 4) is 0 Å². The number of aryl methyl sites for hydroxylation is 1. The summed E-state index contributed by atoms with van der Waals surface area (Å²) in [5, 5.41) is 0.258. The zero-order chi connectivity index (χ0) is 19.2. The Morgan fingerprint density at radius 3 is 2.50 bits per heavy atom. The first-order valence-electron chi connectivity index (χ1n) is 7.70. The molecular weight excluding hydrogens is 435 g/mol. The summed E-state index contributed by atoms with van der Waals surface area (Å²) in [6.45, 7) is 1.48. The average Bonchev–Trinajstić information content (AvgIpc) is 2.80. The molecule has 2 atom stereocenters. The van der Waals surface area contributed by atoms with Gasteiger partial charge < -0.3 is 4.42 Å². The molecule has 0 aliphatic carbocycles. The van der Waals surface area contributed by atoms with Crippen molar-refractivity contribution in [1.29, 1.82) is 0 Å². The smallest absolute Gasteiger partial charge is 0.408 e. The molecule has 3 nitrogen and oxygen atoms in total. The van der Waals surface area contributed by atoms with E-state index in [9.17, 15) is 18.0 Å². The molecule has 26 heavy (non-hydrogen) atoms. The van der Waals surface area contributed by atoms with Crippen LogP contribution in [-0.4, -0.2) is 10.7 Å². The van der Waals surface area contributed by atoms with Crippen molar-refractivity contribution in [3.05, 3.63) is 67.6 Å². The zero-order valence-electron chi connectivity index (χ0n) is 13.8. The SMILES string of the molecule is C[C@H](c1ccc(Br)cc1Cl)C(c1ccc2c(c1)oc(=O)n2C)C(F)(F)F. The summed E-state index contributed by atoms with van der Waals surface area (Å²) in [6.07, 6.45) is -4.50. The van der Waals surface area contributed by atoms with E-state index in [1.54, 1.807) is 18.2 Å². The number of hydrogen-bond acceptors (Lipinski definition) is 2. The van der Waals surface area contributed by atoms with Crippen molar-refractivity contribution in [2.45, 2.75) is 24.9 Å². The second-order valence-corrected chi connectivity index (χ2v) is 7.45. The molecule has 3 aromatic rings. The number of aromatic nitrogens is 1. The molecule has 0 N–H and O–H groups in total. The van der Waals surface area contributed by atoms with Crippen molar-refractivity contribution in [2.24, 2.45) is 7.05 Å². The monoisotopic (exact) mass is 447 g/mol. The fourth-order valence-corrected chi connectivity index (χ4v) is 4.00. The predicted molar refractivity (Wildman–Crippen MR) is 97.8 cm³/mol. The van der Waals surface area contributed by atoms with Gasteiger partial charge in [-0.05, 0) is 41.3 Å². The summed E-state index contributed by atoms with van der Waals surface area (Å²) < 4.78 is 48.6. The Balaban J connectivity index is 2.13. The number of fused-ring (bicyclic) bond motifs is 1. The van der Waals surface area contributed by atoms with Gasteiger partial charge in [0, 0.05) is 16.5 Å². The molecule has 1 unspecified atom stereocenters. The maximum atomic E-state index is 13.9. The van der Waals surface area contributed by atoms with Gasteiger partial charge >= 0.3 is 11.9 Å². The molecule has 0 saturated carbocycles. The normalized spacial score (nSPS) is 14.6. The van der Waals surface area contributed by atoms with Crippen molar-refractivity contribution >= 4 is 38.6 Å². The van der Waals surface area contributed by atoms with Crippen LogP contribution in [-0.2, 0) is 7.05 Å². The molecule has 0 bridgehead atoms. The second kappa shape index (κ2) is 6.78. The molecule has 0 radical (unpaired) electrons. The highest BCUT2D eigenvalue weighted by atomic mass is 79.9. The van der Waals surface area contributed by atoms with Crippen LogP contribution in [0.25, 0.3) is 11.1 Å². The van der Waals surface area contributed by atoms with E-state index in [-0.39, 0.29) is 16.2 Å². The van der Waals surface area contributed by atoms with E-state index < -0.39 is 23.8 Å². The molecule has 0 amide bonds. The molecule has 0 saturated heterocycles. The standard InChI is InChI=1S/C18H14BrClF3NO2/c1-9(12-5-4-11(19)8-13(12)20)16(18(21,22)23)10-3-6-14-15(7-10)26-17(25)24(14)2/h3-9,16H,1-2H3/t9-,16?/m1/s1. The van der Waals surface area contributed by atoms with Gasteiger partial charge in [0.1, 0.15) is 0 Å². The summed E-state index contributed by atoms with van der Waals surface area (Å²) in [5.74, 6) is -3.34. The number of nitrogens with zero attached hydrogens (tertiary/aromatic N) is 1. The zero-order valence-corrected chi connectivity index (χ0v) is 16.1. The Morgan fingerprint density at radius 2 is 1.88 bits per heavy atom. The summed E-state index contributed by atoms with van der Waals surface area (Å²) in [4.78, 5) is 11.6. The summed E-state index contributed by atoms with van der Waals surface area (Å²) in [5.41, 5.74) is 0.977. The number of halogens is 5. The van der Waals surface area contributed by atoms with Crippen molar-refractivity contribution < 1.29 is 17.6 Å². The van der Waals surface area contributed by atoms with E-state index in [4.69, 9.17) is 16.0 Å². The summed E-state index contributed by atoms with van der Waals surface area (Å²) in [7, 11) is 1.50. The highest BCUT2D eigenvalue weighted by molar-refractivity contribution is 9.10. The first-order chi connectivity index (χ1) is 12.1. The van der Waals surface area contributed by atoms with Gasteiger partial charge in [0.15, 0.2) is 5.58 Å². The van der Waals surface area contributed by atoms with Crippen LogP contribution in [0.5, 0.6) is 0 Å². The van der Waals surface area contributed by atoms with E-state index >= 15 is 0 Å². The summed E-state index contributed by atoms with van der Waals surface area (Å²) in [6, 6.07) is 8.92. The van der Waals surface area contributed by atoms with Gasteiger partial charge in [-0.3, -0.25) is 4.57 Å². The van der Waals surface area contributed by atoms with Gasteiger partial charge in [-0.1, -0.05) is 46.6 Å². The minimum atomic E-state index is -4.50. The number of alkyl halides is 3. The van der Waals surface area contributed by atoms with E-state index in [0.717, 1.165) is 0 Å². The molecular formula is C18H14BrClF3NO2. The molecule has 0 fully saturated rings. The Hall–Kier alpha value is -1.73. The van der Waals surface area contributed by atoms with Crippen LogP contribution in [0.2, 0.25) is 5.02 Å². The third kappa shape index (κ3) is 3.42. The fraction of sp³-hybridized carbons (Fsp3) is 0.278. The lowest BCUT2D eigenvalue weighted by atomic mass is 9.82. The first kappa shape index (κ1) is 19.0. The molecule has 3 rings (SSSR count). The molecule has 1 heterocycles. The van der Waals surface area contributed by atoms with Crippen LogP contribution in [0.15, 0.2) is 50.1 Å². The van der Waals surface area contributed by atoms with Gasteiger partial charge in [0.25, 0.3) is 0 Å². The molecule has 8 heteroatoms. The van der Waals surface area contributed by atoms with E-state index in [1.165, 1.54) is 36.7 Å². The molecule has 0 aliphatic rings. The maximum Gasteiger partial charge on any atom is 0.419 e. The van der Waals surface area contributed by atoms with E-state index in [2.05, 4.69) is 15.9 Å². The first-order valence-corrected chi connectivity index (χ1v) is 8.88. The van der Waals surface area contributed by atoms with Crippen LogP contribution >= 0.6 is 27.5 Å². The second-order valence-electron chi connectivity index (χ2n) is 6.13. The van der Waals surface area contributed by atoms with E-state index in [1.807, 2.05) is 0 Å². The summed E-state index contributed by atoms with van der Waals surface area (Å²) >= 11 is 9.42. The van der Waals surface area contributed by atoms with Crippen molar-refractivity contribution in [1.82, 2.24) is 4.57 Å². The topological polar surface area (TPSA) is 35.1 Å². The Bertz CT molecular complexity index is 1030. The number of oxazole rings is 1. The van der Waals surface area contributed by atoms with Crippen LogP contribution in [0.1, 0.15) is 29.9 Å². The molecule has 138 valence electrons. The molecule has 2 aromatic carbocycles. The number of benzene rings is 2. The van der Waals surface area contributed by atoms with Gasteiger partial charge in [-0.2, -0.15) is 13.2 Å². The largest absolute Gasteiger partial charge is 0.419 e. The maximum absolute atomic E-state index is 13.9. The van der Waals surface area contributed by atoms with E-state index in [0.29, 0.717) is 15.6 Å². The van der Waals surface area contributed by atoms with Crippen molar-refractivity contribution in [3.63, 3.8) is 0 Å². The molecule has 0 aliphatic heterocycles. The molecule has 0 spiro atoms. The number of rotatable bonds is 3. The molecule has 1 aromatic heterocycles. The van der Waals surface area contributed by atoms with Gasteiger partial charge in [-0.25, -0.2) is 4.79 Å². The lowest BCUT2D eigenvalue weighted by molar-refractivity contribution is -0.154. The van der Waals surface area contributed by atoms with Gasteiger partial charge in [-0.15, -0.1) is 0 Å².